The van der Waals surface area contributed by atoms with Crippen molar-refractivity contribution in [1.82, 2.24) is 9.78 Å². The highest BCUT2D eigenvalue weighted by Gasteiger charge is 2.01. The Labute approximate surface area is 67.6 Å². The predicted octanol–water partition coefficient (Wildman–Crippen LogP) is 1.53. The fourth-order valence-corrected chi connectivity index (χ4v) is 0.854. The van der Waals surface area contributed by atoms with Gasteiger partial charge in [0, 0.05) is 32.4 Å². The smallest absolute Gasteiger partial charge is 0.150 e. The first-order chi connectivity index (χ1) is 5.11. The zero-order chi connectivity index (χ0) is 8.43. The molecule has 0 unspecified atom stereocenters. The highest BCUT2D eigenvalue weighted by molar-refractivity contribution is 5.34. The van der Waals surface area contributed by atoms with Gasteiger partial charge in [-0.3, -0.25) is 4.68 Å². The zero-order valence-corrected chi connectivity index (χ0v) is 7.57. The first-order valence-electron chi connectivity index (χ1n) is 3.83. The van der Waals surface area contributed by atoms with E-state index in [2.05, 4.69) is 18.9 Å². The summed E-state index contributed by atoms with van der Waals surface area (Å²) < 4.78 is 1.95. The van der Waals surface area contributed by atoms with Crippen LogP contribution in [0.15, 0.2) is 12.3 Å². The first kappa shape index (κ1) is 8.11. The Morgan fingerprint density at radius 1 is 1.45 bits per heavy atom. The molecule has 3 nitrogen and oxygen atoms in total. The Kier molecular flexibility index (Phi) is 2.17. The quantitative estimate of drug-likeness (QED) is 0.642. The number of hydrogen-bond donors (Lipinski definition) is 0. The molecule has 0 atom stereocenters. The molecule has 0 radical (unpaired) electrons. The van der Waals surface area contributed by atoms with E-state index in [4.69, 9.17) is 0 Å². The summed E-state index contributed by atoms with van der Waals surface area (Å²) in [4.78, 5) is 2.00. The van der Waals surface area contributed by atoms with E-state index in [1.165, 1.54) is 0 Å². The van der Waals surface area contributed by atoms with Gasteiger partial charge in [-0.15, -0.1) is 0 Å². The molecule has 0 N–H and O–H groups in total. The molecule has 1 heterocycles. The predicted molar refractivity (Wildman–Crippen MR) is 46.9 cm³/mol. The lowest BCUT2D eigenvalue weighted by Gasteiger charge is -2.08. The molecule has 0 aromatic carbocycles. The molecule has 0 bridgehead atoms. The normalized spacial score (nSPS) is 10.6. The average Bonchev–Trinajstić information content (AvgIpc) is 2.33. The molecule has 0 aliphatic carbocycles. The molecule has 0 saturated carbocycles. The van der Waals surface area contributed by atoms with Crippen molar-refractivity contribution in [2.75, 3.05) is 19.0 Å². The summed E-state index contributed by atoms with van der Waals surface area (Å²) in [6.07, 6.45) is 2.00. The SMILES string of the molecule is CC(C)n1ccc(N(C)C)n1. The van der Waals surface area contributed by atoms with Gasteiger partial charge in [-0.1, -0.05) is 0 Å². The summed E-state index contributed by atoms with van der Waals surface area (Å²) in [5.74, 6) is 1.01. The van der Waals surface area contributed by atoms with Crippen molar-refractivity contribution < 1.29 is 0 Å². The molecule has 0 aliphatic heterocycles. The molecular formula is C8H15N3. The summed E-state index contributed by atoms with van der Waals surface area (Å²) in [5.41, 5.74) is 0. The number of rotatable bonds is 2. The van der Waals surface area contributed by atoms with Crippen molar-refractivity contribution in [2.45, 2.75) is 19.9 Å². The van der Waals surface area contributed by atoms with Crippen molar-refractivity contribution in [1.29, 1.82) is 0 Å². The maximum absolute atomic E-state index is 4.35. The van der Waals surface area contributed by atoms with Gasteiger partial charge in [0.15, 0.2) is 0 Å². The van der Waals surface area contributed by atoms with Crippen molar-refractivity contribution in [2.24, 2.45) is 0 Å². The van der Waals surface area contributed by atoms with E-state index in [1.54, 1.807) is 0 Å². The van der Waals surface area contributed by atoms with Gasteiger partial charge in [-0.2, -0.15) is 5.10 Å². The van der Waals surface area contributed by atoms with Crippen LogP contribution in [0, 0.1) is 0 Å². The van der Waals surface area contributed by atoms with Gasteiger partial charge in [-0.25, -0.2) is 0 Å². The lowest BCUT2D eigenvalue weighted by atomic mass is 10.4. The van der Waals surface area contributed by atoms with Crippen LogP contribution < -0.4 is 4.90 Å². The highest BCUT2D eigenvalue weighted by atomic mass is 15.3. The number of anilines is 1. The minimum absolute atomic E-state index is 0.448. The summed E-state index contributed by atoms with van der Waals surface area (Å²) in [5, 5.41) is 4.35. The van der Waals surface area contributed by atoms with E-state index in [1.807, 2.05) is 35.9 Å². The van der Waals surface area contributed by atoms with Gasteiger partial charge >= 0.3 is 0 Å². The molecule has 1 aromatic rings. The molecule has 3 heteroatoms. The standard InChI is InChI=1S/C8H15N3/c1-7(2)11-6-5-8(9-11)10(3)4/h5-7H,1-4H3. The molecule has 0 fully saturated rings. The maximum Gasteiger partial charge on any atom is 0.150 e. The van der Waals surface area contributed by atoms with E-state index in [-0.39, 0.29) is 0 Å². The van der Waals surface area contributed by atoms with Crippen LogP contribution in [0.25, 0.3) is 0 Å². The number of nitrogens with zero attached hydrogens (tertiary/aromatic N) is 3. The van der Waals surface area contributed by atoms with Gasteiger partial charge in [-0.05, 0) is 13.8 Å². The largest absolute Gasteiger partial charge is 0.361 e. The van der Waals surface area contributed by atoms with Crippen LogP contribution in [0.4, 0.5) is 5.82 Å². The van der Waals surface area contributed by atoms with Crippen LogP contribution in [-0.4, -0.2) is 23.9 Å². The second-order valence-corrected chi connectivity index (χ2v) is 3.14. The summed E-state index contributed by atoms with van der Waals surface area (Å²) in [6.45, 7) is 4.24. The van der Waals surface area contributed by atoms with E-state index in [0.29, 0.717) is 6.04 Å². The Morgan fingerprint density at radius 3 is 2.36 bits per heavy atom. The maximum atomic E-state index is 4.35. The van der Waals surface area contributed by atoms with Crippen molar-refractivity contribution >= 4 is 5.82 Å². The molecule has 0 saturated heterocycles. The first-order valence-corrected chi connectivity index (χ1v) is 3.83. The minimum atomic E-state index is 0.448. The second-order valence-electron chi connectivity index (χ2n) is 3.14. The van der Waals surface area contributed by atoms with E-state index < -0.39 is 0 Å². The fraction of sp³-hybridized carbons (Fsp3) is 0.625. The summed E-state index contributed by atoms with van der Waals surface area (Å²) >= 11 is 0. The van der Waals surface area contributed by atoms with Gasteiger partial charge in [0.2, 0.25) is 0 Å². The lowest BCUT2D eigenvalue weighted by molar-refractivity contribution is 0.532. The van der Waals surface area contributed by atoms with E-state index in [0.717, 1.165) is 5.82 Å². The van der Waals surface area contributed by atoms with Gasteiger partial charge in [0.05, 0.1) is 0 Å². The van der Waals surface area contributed by atoms with Gasteiger partial charge in [0.1, 0.15) is 5.82 Å². The van der Waals surface area contributed by atoms with Crippen LogP contribution in [0.2, 0.25) is 0 Å². The van der Waals surface area contributed by atoms with Crippen LogP contribution in [0.1, 0.15) is 19.9 Å². The minimum Gasteiger partial charge on any atom is -0.361 e. The Hall–Kier alpha value is -0.990. The average molecular weight is 153 g/mol. The van der Waals surface area contributed by atoms with Crippen LogP contribution in [-0.2, 0) is 0 Å². The molecule has 1 aromatic heterocycles. The molecule has 11 heavy (non-hydrogen) atoms. The Morgan fingerprint density at radius 2 is 2.09 bits per heavy atom. The topological polar surface area (TPSA) is 21.1 Å². The summed E-state index contributed by atoms with van der Waals surface area (Å²) in [7, 11) is 3.99. The van der Waals surface area contributed by atoms with Crippen LogP contribution in [0.5, 0.6) is 0 Å². The second kappa shape index (κ2) is 2.95. The van der Waals surface area contributed by atoms with E-state index >= 15 is 0 Å². The Balaban J connectivity index is 2.82. The third kappa shape index (κ3) is 1.73. The van der Waals surface area contributed by atoms with Crippen molar-refractivity contribution in [3.05, 3.63) is 12.3 Å². The molecule has 0 spiro atoms. The van der Waals surface area contributed by atoms with Crippen LogP contribution in [0.3, 0.4) is 0 Å². The lowest BCUT2D eigenvalue weighted by Crippen LogP contribution is -2.10. The number of hydrogen-bond acceptors (Lipinski definition) is 2. The molecular weight excluding hydrogens is 138 g/mol. The fourth-order valence-electron chi connectivity index (χ4n) is 0.854. The third-order valence-corrected chi connectivity index (χ3v) is 1.58. The van der Waals surface area contributed by atoms with Crippen molar-refractivity contribution in [3.63, 3.8) is 0 Å². The molecule has 0 aliphatic rings. The molecule has 0 amide bonds. The van der Waals surface area contributed by atoms with Gasteiger partial charge < -0.3 is 4.90 Å². The van der Waals surface area contributed by atoms with Crippen molar-refractivity contribution in [3.8, 4) is 0 Å². The molecule has 1 rings (SSSR count). The highest BCUT2D eigenvalue weighted by Crippen LogP contribution is 2.09. The summed E-state index contributed by atoms with van der Waals surface area (Å²) in [6, 6.07) is 2.46. The van der Waals surface area contributed by atoms with Gasteiger partial charge in [0.25, 0.3) is 0 Å². The van der Waals surface area contributed by atoms with Crippen LogP contribution >= 0.6 is 0 Å². The molecule has 62 valence electrons. The third-order valence-electron chi connectivity index (χ3n) is 1.58. The number of aromatic nitrogens is 2. The Bertz CT molecular complexity index is 202. The monoisotopic (exact) mass is 153 g/mol. The zero-order valence-electron chi connectivity index (χ0n) is 7.57. The van der Waals surface area contributed by atoms with E-state index in [9.17, 15) is 0 Å².